The van der Waals surface area contributed by atoms with Crippen molar-refractivity contribution >= 4 is 5.82 Å². The van der Waals surface area contributed by atoms with Gasteiger partial charge in [0.15, 0.2) is 0 Å². The number of pyridine rings is 1. The third-order valence-corrected chi connectivity index (χ3v) is 2.96. The molecule has 0 saturated heterocycles. The zero-order valence-electron chi connectivity index (χ0n) is 11.6. The van der Waals surface area contributed by atoms with Crippen molar-refractivity contribution in [1.82, 2.24) is 4.98 Å². The number of nitrogens with zero attached hydrogens (tertiary/aromatic N) is 1. The van der Waals surface area contributed by atoms with Crippen molar-refractivity contribution in [3.05, 3.63) is 22.9 Å². The van der Waals surface area contributed by atoms with E-state index in [0.29, 0.717) is 19.0 Å². The van der Waals surface area contributed by atoms with Crippen LogP contribution in [0.5, 0.6) is 0 Å². The van der Waals surface area contributed by atoms with Crippen molar-refractivity contribution in [2.45, 2.75) is 33.5 Å². The van der Waals surface area contributed by atoms with Gasteiger partial charge in [0.2, 0.25) is 5.79 Å². The first-order chi connectivity index (χ1) is 8.52. The number of nitrogen functional groups attached to an aromatic ring is 1. The van der Waals surface area contributed by atoms with E-state index in [1.54, 1.807) is 6.20 Å². The summed E-state index contributed by atoms with van der Waals surface area (Å²) >= 11 is 0. The van der Waals surface area contributed by atoms with Crippen LogP contribution in [0.4, 0.5) is 5.82 Å². The summed E-state index contributed by atoms with van der Waals surface area (Å²) in [6, 6.07) is 0. The highest BCUT2D eigenvalue weighted by Gasteiger charge is 2.36. The molecule has 0 aliphatic heterocycles. The first-order valence-electron chi connectivity index (χ1n) is 6.22. The third kappa shape index (κ3) is 2.63. The number of aryl methyl sites for hydroxylation is 1. The average Bonchev–Trinajstić information content (AvgIpc) is 2.34. The molecule has 0 aromatic carbocycles. The van der Waals surface area contributed by atoms with Gasteiger partial charge < -0.3 is 20.9 Å². The molecule has 102 valence electrons. The van der Waals surface area contributed by atoms with Crippen LogP contribution < -0.4 is 11.5 Å². The number of aromatic nitrogens is 1. The Kier molecular flexibility index (Phi) is 5.07. The Morgan fingerprint density at radius 2 is 1.78 bits per heavy atom. The van der Waals surface area contributed by atoms with Crippen molar-refractivity contribution in [3.8, 4) is 0 Å². The van der Waals surface area contributed by atoms with Crippen LogP contribution in [0.15, 0.2) is 6.20 Å². The molecule has 1 aromatic heterocycles. The van der Waals surface area contributed by atoms with Gasteiger partial charge in [0.25, 0.3) is 0 Å². The molecule has 1 aromatic rings. The molecule has 0 aliphatic carbocycles. The first kappa shape index (κ1) is 14.9. The second kappa shape index (κ2) is 6.13. The lowest BCUT2D eigenvalue weighted by atomic mass is 9.96. The van der Waals surface area contributed by atoms with Crippen LogP contribution in [0.1, 0.15) is 30.5 Å². The predicted molar refractivity (Wildman–Crippen MR) is 72.1 cm³/mol. The van der Waals surface area contributed by atoms with Crippen LogP contribution in [0.3, 0.4) is 0 Å². The van der Waals surface area contributed by atoms with Gasteiger partial charge in [-0.2, -0.15) is 0 Å². The van der Waals surface area contributed by atoms with Crippen molar-refractivity contribution in [3.63, 3.8) is 0 Å². The molecule has 18 heavy (non-hydrogen) atoms. The summed E-state index contributed by atoms with van der Waals surface area (Å²) in [7, 11) is 0. The minimum Gasteiger partial charge on any atom is -0.383 e. The summed E-state index contributed by atoms with van der Waals surface area (Å²) in [5, 5.41) is 0. The maximum absolute atomic E-state index is 5.89. The van der Waals surface area contributed by atoms with Crippen LogP contribution in [-0.2, 0) is 15.3 Å². The molecule has 0 atom stereocenters. The van der Waals surface area contributed by atoms with Gasteiger partial charge >= 0.3 is 0 Å². The maximum atomic E-state index is 5.89. The lowest BCUT2D eigenvalue weighted by Crippen LogP contribution is -2.42. The van der Waals surface area contributed by atoms with Gasteiger partial charge in [-0.25, -0.2) is 4.98 Å². The number of hydrogen-bond acceptors (Lipinski definition) is 5. The summed E-state index contributed by atoms with van der Waals surface area (Å²) in [4.78, 5) is 4.13. The summed E-state index contributed by atoms with van der Waals surface area (Å²) in [6.07, 6.45) is 1.72. The SMILES string of the molecule is CCOC(CN)(OCC)c1c(C)cnc(N)c1C. The van der Waals surface area contributed by atoms with Crippen LogP contribution in [0, 0.1) is 13.8 Å². The fraction of sp³-hybridized carbons (Fsp3) is 0.615. The molecule has 1 heterocycles. The van der Waals surface area contributed by atoms with Crippen LogP contribution in [0.2, 0.25) is 0 Å². The molecule has 0 spiro atoms. The standard InChI is InChI=1S/C13H23N3O2/c1-5-17-13(8-14,18-6-2)11-9(3)7-16-12(15)10(11)4/h7H,5-6,8,14H2,1-4H3,(H2,15,16). The van der Waals surface area contributed by atoms with Gasteiger partial charge in [-0.05, 0) is 33.3 Å². The zero-order valence-corrected chi connectivity index (χ0v) is 11.6. The Morgan fingerprint density at radius 1 is 1.22 bits per heavy atom. The topological polar surface area (TPSA) is 83.4 Å². The van der Waals surface area contributed by atoms with Gasteiger partial charge in [-0.15, -0.1) is 0 Å². The number of anilines is 1. The lowest BCUT2D eigenvalue weighted by molar-refractivity contribution is -0.235. The van der Waals surface area contributed by atoms with E-state index in [1.807, 2.05) is 27.7 Å². The molecule has 4 N–H and O–H groups in total. The van der Waals surface area contributed by atoms with E-state index in [2.05, 4.69) is 4.98 Å². The highest BCUT2D eigenvalue weighted by atomic mass is 16.7. The summed E-state index contributed by atoms with van der Waals surface area (Å²) in [6.45, 7) is 8.96. The fourth-order valence-electron chi connectivity index (χ4n) is 2.21. The zero-order chi connectivity index (χ0) is 13.8. The molecular formula is C13H23N3O2. The molecule has 5 heteroatoms. The summed E-state index contributed by atoms with van der Waals surface area (Å²) in [5.41, 5.74) is 14.5. The van der Waals surface area contributed by atoms with Crippen molar-refractivity contribution in [1.29, 1.82) is 0 Å². The molecular weight excluding hydrogens is 230 g/mol. The third-order valence-electron chi connectivity index (χ3n) is 2.96. The quantitative estimate of drug-likeness (QED) is 0.750. The molecule has 0 fully saturated rings. The molecule has 0 radical (unpaired) electrons. The fourth-order valence-corrected chi connectivity index (χ4v) is 2.21. The van der Waals surface area contributed by atoms with Crippen molar-refractivity contribution in [2.75, 3.05) is 25.5 Å². The molecule has 0 aliphatic rings. The van der Waals surface area contributed by atoms with E-state index < -0.39 is 5.79 Å². The second-order valence-electron chi connectivity index (χ2n) is 4.15. The monoisotopic (exact) mass is 253 g/mol. The van der Waals surface area contributed by atoms with E-state index in [1.165, 1.54) is 0 Å². The largest absolute Gasteiger partial charge is 0.383 e. The van der Waals surface area contributed by atoms with E-state index in [-0.39, 0.29) is 6.54 Å². The Balaban J connectivity index is 3.40. The number of nitrogens with two attached hydrogens (primary N) is 2. The Morgan fingerprint density at radius 3 is 2.22 bits per heavy atom. The number of hydrogen-bond donors (Lipinski definition) is 2. The highest BCUT2D eigenvalue weighted by Crippen LogP contribution is 2.33. The molecule has 0 amide bonds. The molecule has 5 nitrogen and oxygen atoms in total. The van der Waals surface area contributed by atoms with Crippen LogP contribution >= 0.6 is 0 Å². The smallest absolute Gasteiger partial charge is 0.208 e. The van der Waals surface area contributed by atoms with Crippen molar-refractivity contribution in [2.24, 2.45) is 5.73 Å². The van der Waals surface area contributed by atoms with Gasteiger partial charge in [-0.3, -0.25) is 0 Å². The Hall–Kier alpha value is -1.17. The van der Waals surface area contributed by atoms with E-state index in [4.69, 9.17) is 20.9 Å². The number of ether oxygens (including phenoxy) is 2. The molecule has 1 rings (SSSR count). The Bertz CT molecular complexity index is 401. The normalized spacial score (nSPS) is 11.8. The molecule has 0 bridgehead atoms. The van der Waals surface area contributed by atoms with Gasteiger partial charge in [0, 0.05) is 30.5 Å². The maximum Gasteiger partial charge on any atom is 0.208 e. The average molecular weight is 253 g/mol. The highest BCUT2D eigenvalue weighted by molar-refractivity contribution is 5.48. The van der Waals surface area contributed by atoms with Gasteiger partial charge in [0.1, 0.15) is 5.82 Å². The summed E-state index contributed by atoms with van der Waals surface area (Å²) < 4.78 is 11.6. The minimum atomic E-state index is -0.936. The van der Waals surface area contributed by atoms with Crippen molar-refractivity contribution < 1.29 is 9.47 Å². The van der Waals surface area contributed by atoms with Crippen LogP contribution in [-0.4, -0.2) is 24.7 Å². The predicted octanol–water partition coefficient (Wildman–Crippen LogP) is 1.47. The van der Waals surface area contributed by atoms with E-state index in [9.17, 15) is 0 Å². The first-order valence-corrected chi connectivity index (χ1v) is 6.22. The second-order valence-corrected chi connectivity index (χ2v) is 4.15. The molecule has 0 saturated carbocycles. The number of rotatable bonds is 6. The van der Waals surface area contributed by atoms with Crippen LogP contribution in [0.25, 0.3) is 0 Å². The Labute approximate surface area is 108 Å². The molecule has 0 unspecified atom stereocenters. The minimum absolute atomic E-state index is 0.236. The van der Waals surface area contributed by atoms with E-state index >= 15 is 0 Å². The van der Waals surface area contributed by atoms with Gasteiger partial charge in [0.05, 0.1) is 6.54 Å². The van der Waals surface area contributed by atoms with E-state index in [0.717, 1.165) is 16.7 Å². The van der Waals surface area contributed by atoms with Gasteiger partial charge in [-0.1, -0.05) is 0 Å². The summed E-state index contributed by atoms with van der Waals surface area (Å²) in [5.74, 6) is -0.456. The lowest BCUT2D eigenvalue weighted by Gasteiger charge is -2.34.